The summed E-state index contributed by atoms with van der Waals surface area (Å²) in [6.45, 7) is 13.6. The van der Waals surface area contributed by atoms with E-state index in [1.807, 2.05) is 0 Å². The van der Waals surface area contributed by atoms with Gasteiger partial charge in [-0.1, -0.05) is 187 Å². The van der Waals surface area contributed by atoms with Gasteiger partial charge in [0.25, 0.3) is 0 Å². The Labute approximate surface area is 491 Å². The molecular formula is C76H52N6S2. The molecule has 6 heterocycles. The van der Waals surface area contributed by atoms with E-state index in [2.05, 4.69) is 278 Å². The van der Waals surface area contributed by atoms with Gasteiger partial charge in [-0.25, -0.2) is 0 Å². The molecule has 8 heteroatoms. The summed E-state index contributed by atoms with van der Waals surface area (Å²) < 4.78 is 14.1. The Kier molecular flexibility index (Phi) is 10.0. The van der Waals surface area contributed by atoms with Gasteiger partial charge in [-0.2, -0.15) is 10.5 Å². The lowest BCUT2D eigenvalue weighted by atomic mass is 9.86. The molecule has 398 valence electrons. The summed E-state index contributed by atoms with van der Waals surface area (Å²) >= 11 is 3.58. The second kappa shape index (κ2) is 17.3. The number of fused-ring (bicyclic) bond motifs is 20. The maximum Gasteiger partial charge on any atom is 0.104 e. The Morgan fingerprint density at radius 3 is 0.988 bits per heavy atom. The number of aromatic nitrogens is 4. The van der Waals surface area contributed by atoms with Crippen LogP contribution in [0.15, 0.2) is 206 Å². The summed E-state index contributed by atoms with van der Waals surface area (Å²) in [6.07, 6.45) is 0. The van der Waals surface area contributed by atoms with Crippen molar-refractivity contribution in [2.24, 2.45) is 0 Å². The molecule has 0 radical (unpaired) electrons. The van der Waals surface area contributed by atoms with Crippen molar-refractivity contribution in [3.63, 3.8) is 0 Å². The fourth-order valence-corrected chi connectivity index (χ4v) is 16.5. The van der Waals surface area contributed by atoms with Gasteiger partial charge < -0.3 is 18.3 Å². The number of thiophene rings is 2. The number of benzene rings is 11. The third-order valence-electron chi connectivity index (χ3n) is 18.0. The van der Waals surface area contributed by atoms with Crippen LogP contribution in [0, 0.1) is 22.7 Å². The van der Waals surface area contributed by atoms with Crippen LogP contribution in [0.25, 0.3) is 150 Å². The van der Waals surface area contributed by atoms with Gasteiger partial charge in [0.1, 0.15) is 23.3 Å². The van der Waals surface area contributed by atoms with E-state index in [4.69, 9.17) is 0 Å². The van der Waals surface area contributed by atoms with E-state index >= 15 is 0 Å². The third-order valence-corrected chi connectivity index (χ3v) is 20.3. The Bertz CT molecular complexity index is 5600. The Morgan fingerprint density at radius 2 is 0.619 bits per heavy atom. The maximum absolute atomic E-state index is 13.0. The summed E-state index contributed by atoms with van der Waals surface area (Å²) in [5, 5.41) is 39.2. The zero-order chi connectivity index (χ0) is 56.7. The van der Waals surface area contributed by atoms with E-state index in [9.17, 15) is 10.5 Å². The van der Waals surface area contributed by atoms with Crippen LogP contribution in [-0.4, -0.2) is 18.3 Å². The molecule has 17 aromatic rings. The first-order chi connectivity index (χ1) is 40.9. The highest BCUT2D eigenvalue weighted by atomic mass is 32.1. The van der Waals surface area contributed by atoms with Crippen molar-refractivity contribution in [1.82, 2.24) is 18.3 Å². The summed E-state index contributed by atoms with van der Waals surface area (Å²) in [5.41, 5.74) is 13.2. The molecule has 6 nitrogen and oxygen atoms in total. The number of rotatable bonds is 4. The summed E-state index contributed by atoms with van der Waals surface area (Å²) in [5.74, 6) is 0. The molecule has 0 bridgehead atoms. The highest BCUT2D eigenvalue weighted by Crippen LogP contribution is 2.53. The average Bonchev–Trinajstić information content (AvgIpc) is 1.55. The molecule has 17 rings (SSSR count). The molecule has 0 N–H and O–H groups in total. The molecule has 11 aromatic carbocycles. The van der Waals surface area contributed by atoms with E-state index in [0.29, 0.717) is 28.2 Å². The van der Waals surface area contributed by atoms with Gasteiger partial charge >= 0.3 is 0 Å². The number of hydrogen-bond acceptors (Lipinski definition) is 4. The second-order valence-electron chi connectivity index (χ2n) is 24.6. The third kappa shape index (κ3) is 6.53. The van der Waals surface area contributed by atoms with Crippen molar-refractivity contribution in [2.75, 3.05) is 0 Å². The molecular weight excluding hydrogens is 1060 g/mol. The zero-order valence-corrected chi connectivity index (χ0v) is 48.8. The monoisotopic (exact) mass is 1110 g/mol. The van der Waals surface area contributed by atoms with E-state index in [0.717, 1.165) is 113 Å². The number of hydrogen-bond donors (Lipinski definition) is 0. The Balaban J connectivity index is 1.21. The van der Waals surface area contributed by atoms with Gasteiger partial charge in [-0.3, -0.25) is 0 Å². The number of nitrogens with zero attached hydrogens (tertiary/aromatic N) is 6. The number of nitriles is 2. The summed E-state index contributed by atoms with van der Waals surface area (Å²) in [4.78, 5) is 0. The first-order valence-electron chi connectivity index (χ1n) is 28.7. The highest BCUT2D eigenvalue weighted by Gasteiger charge is 2.36. The van der Waals surface area contributed by atoms with Crippen LogP contribution < -0.4 is 0 Å². The van der Waals surface area contributed by atoms with E-state index in [1.165, 1.54) is 31.3 Å². The highest BCUT2D eigenvalue weighted by molar-refractivity contribution is 7.27. The molecule has 6 aromatic heterocycles. The van der Waals surface area contributed by atoms with E-state index in [-0.39, 0.29) is 10.8 Å². The molecule has 0 unspecified atom stereocenters. The first-order valence-corrected chi connectivity index (χ1v) is 30.3. The maximum atomic E-state index is 13.0. The minimum atomic E-state index is -0.162. The normalized spacial score (nSPS) is 12.6. The van der Waals surface area contributed by atoms with Gasteiger partial charge in [-0.05, 0) is 82.6 Å². The lowest BCUT2D eigenvalue weighted by molar-refractivity contribution is 0.591. The molecule has 0 amide bonds. The lowest BCUT2D eigenvalue weighted by Gasteiger charge is -2.27. The molecule has 0 aliphatic rings. The summed E-state index contributed by atoms with van der Waals surface area (Å²) in [6, 6.07) is 80.8. The molecule has 0 atom stereocenters. The largest absolute Gasteiger partial charge is 0.306 e. The molecule has 0 saturated carbocycles. The van der Waals surface area contributed by atoms with Crippen molar-refractivity contribution in [1.29, 1.82) is 10.5 Å². The van der Waals surface area contributed by atoms with Crippen molar-refractivity contribution >= 4 is 150 Å². The molecule has 84 heavy (non-hydrogen) atoms. The fraction of sp³-hybridized carbons (Fsp3) is 0.105. The van der Waals surface area contributed by atoms with E-state index in [1.54, 1.807) is 22.7 Å². The van der Waals surface area contributed by atoms with E-state index < -0.39 is 0 Å². The number of para-hydroxylation sites is 4. The Morgan fingerprint density at radius 1 is 0.298 bits per heavy atom. The SMILES string of the molecule is CC(C)(C)c1ccc2c(c1)c1ccc3c4ccccc4sc3c1n2-c1c(C#N)c(-n2c3ccccc3c3ccccc32)c(-n2c3ccc(C(C)(C)C)cc3c3ccc4c5ccccc5sc4c32)c(-n2c3ccccc3c3ccccc32)c1C#N. The zero-order valence-electron chi connectivity index (χ0n) is 47.1. The Hall–Kier alpha value is -9.96. The fourth-order valence-electron chi connectivity index (χ4n) is 14.1. The molecule has 0 aliphatic carbocycles. The topological polar surface area (TPSA) is 67.3 Å². The molecule has 0 spiro atoms. The van der Waals surface area contributed by atoms with Gasteiger partial charge in [0.2, 0.25) is 0 Å². The summed E-state index contributed by atoms with van der Waals surface area (Å²) in [7, 11) is 0. The van der Waals surface area contributed by atoms with Crippen LogP contribution in [0.1, 0.15) is 63.8 Å². The smallest absolute Gasteiger partial charge is 0.104 e. The standard InChI is InChI=1S/C76H52N6S2/c1-75(2,3)43-31-37-63-55(39-43)51-33-35-53-49-23-11-17-29-65(49)83-73(53)70(51)81(63)67-57(41-77)68(79-59-25-13-7-19-45(59)46-20-8-14-26-60(46)79)72(69(58(67)42-78)80-61-27-15-9-21-47(61)48-22-10-16-28-62(48)80)82-64-38-32-44(76(4,5)6)40-56(64)52-34-36-54-50-24-12-18-30-66(50)84-74(54)71(52)82/h7-40H,1-6H3. The molecule has 0 saturated heterocycles. The van der Waals surface area contributed by atoms with Crippen LogP contribution in [-0.2, 0) is 10.8 Å². The minimum absolute atomic E-state index is 0.161. The molecule has 0 aliphatic heterocycles. The van der Waals surface area contributed by atoms with Crippen LogP contribution in [0.4, 0.5) is 0 Å². The van der Waals surface area contributed by atoms with Gasteiger partial charge in [-0.15, -0.1) is 22.7 Å². The van der Waals surface area contributed by atoms with Crippen molar-refractivity contribution in [3.05, 3.63) is 229 Å². The average molecular weight is 1110 g/mol. The quantitative estimate of drug-likeness (QED) is 0.176. The predicted molar refractivity (Wildman–Crippen MR) is 356 cm³/mol. The lowest BCUT2D eigenvalue weighted by Crippen LogP contribution is -2.17. The van der Waals surface area contributed by atoms with Crippen molar-refractivity contribution in [3.8, 4) is 34.9 Å². The predicted octanol–water partition coefficient (Wildman–Crippen LogP) is 21.1. The molecule has 0 fully saturated rings. The minimum Gasteiger partial charge on any atom is -0.306 e. The van der Waals surface area contributed by atoms with Gasteiger partial charge in [0.15, 0.2) is 0 Å². The van der Waals surface area contributed by atoms with Crippen LogP contribution in [0.2, 0.25) is 0 Å². The van der Waals surface area contributed by atoms with Crippen molar-refractivity contribution in [2.45, 2.75) is 52.4 Å². The van der Waals surface area contributed by atoms with Crippen LogP contribution >= 0.6 is 22.7 Å². The van der Waals surface area contributed by atoms with Crippen LogP contribution in [0.3, 0.4) is 0 Å². The second-order valence-corrected chi connectivity index (χ2v) is 26.7. The van der Waals surface area contributed by atoms with Crippen LogP contribution in [0.5, 0.6) is 0 Å². The first kappa shape index (κ1) is 48.7. The van der Waals surface area contributed by atoms with Crippen molar-refractivity contribution < 1.29 is 0 Å². The van der Waals surface area contributed by atoms with Gasteiger partial charge in [0.05, 0.1) is 76.3 Å². The van der Waals surface area contributed by atoms with Gasteiger partial charge in [0, 0.05) is 74.0 Å².